The van der Waals surface area contributed by atoms with Gasteiger partial charge in [0.1, 0.15) is 6.61 Å². The van der Waals surface area contributed by atoms with E-state index in [1.54, 1.807) is 0 Å². The van der Waals surface area contributed by atoms with Gasteiger partial charge >= 0.3 is 5.97 Å². The van der Waals surface area contributed by atoms with Crippen molar-refractivity contribution in [3.63, 3.8) is 0 Å². The zero-order valence-corrected chi connectivity index (χ0v) is 14.8. The SMILES string of the molecule is CCC(C)C(CO)(C(=O)OCC1=CC=CCC1)C(C)(C)CC. The molecule has 0 aromatic carbocycles. The molecule has 0 saturated carbocycles. The molecule has 0 saturated heterocycles. The number of ether oxygens (including phenoxy) is 1. The van der Waals surface area contributed by atoms with Gasteiger partial charge in [0.2, 0.25) is 0 Å². The van der Waals surface area contributed by atoms with Gasteiger partial charge in [0.05, 0.1) is 12.0 Å². The van der Waals surface area contributed by atoms with E-state index in [9.17, 15) is 9.90 Å². The highest BCUT2D eigenvalue weighted by molar-refractivity contribution is 5.78. The fraction of sp³-hybridized carbons (Fsp3) is 0.737. The molecule has 0 amide bonds. The fourth-order valence-electron chi connectivity index (χ4n) is 3.30. The van der Waals surface area contributed by atoms with Crippen LogP contribution < -0.4 is 0 Å². The van der Waals surface area contributed by atoms with Crippen LogP contribution in [0.15, 0.2) is 23.8 Å². The van der Waals surface area contributed by atoms with E-state index in [4.69, 9.17) is 4.74 Å². The van der Waals surface area contributed by atoms with Crippen LogP contribution in [0.2, 0.25) is 0 Å². The molecule has 0 spiro atoms. The van der Waals surface area contributed by atoms with Crippen molar-refractivity contribution in [1.82, 2.24) is 0 Å². The second kappa shape index (κ2) is 7.96. The van der Waals surface area contributed by atoms with Crippen LogP contribution in [0, 0.1) is 16.7 Å². The molecule has 126 valence electrons. The molecule has 0 aromatic heterocycles. The van der Waals surface area contributed by atoms with Gasteiger partial charge in [0.25, 0.3) is 0 Å². The largest absolute Gasteiger partial charge is 0.461 e. The second-order valence-corrected chi connectivity index (χ2v) is 7.04. The maximum absolute atomic E-state index is 12.9. The Morgan fingerprint density at radius 1 is 1.41 bits per heavy atom. The molecule has 3 heteroatoms. The van der Waals surface area contributed by atoms with E-state index in [1.165, 1.54) is 0 Å². The van der Waals surface area contributed by atoms with Gasteiger partial charge < -0.3 is 9.84 Å². The second-order valence-electron chi connectivity index (χ2n) is 7.04. The molecular formula is C19H32O3. The average Bonchev–Trinajstić information content (AvgIpc) is 2.54. The Kier molecular flexibility index (Phi) is 6.86. The Hall–Kier alpha value is -1.09. The minimum absolute atomic E-state index is 0.0696. The van der Waals surface area contributed by atoms with E-state index in [2.05, 4.69) is 33.8 Å². The number of aliphatic hydroxyl groups excluding tert-OH is 1. The summed E-state index contributed by atoms with van der Waals surface area (Å²) < 4.78 is 5.65. The van der Waals surface area contributed by atoms with Crippen molar-refractivity contribution >= 4 is 5.97 Å². The summed E-state index contributed by atoms with van der Waals surface area (Å²) in [6, 6.07) is 0. The molecule has 1 aliphatic rings. The van der Waals surface area contributed by atoms with Crippen molar-refractivity contribution < 1.29 is 14.6 Å². The quantitative estimate of drug-likeness (QED) is 0.681. The smallest absolute Gasteiger partial charge is 0.315 e. The van der Waals surface area contributed by atoms with E-state index in [1.807, 2.05) is 19.1 Å². The number of carbonyl (C=O) groups excluding carboxylic acids is 1. The number of hydrogen-bond acceptors (Lipinski definition) is 3. The summed E-state index contributed by atoms with van der Waals surface area (Å²) in [4.78, 5) is 12.9. The number of rotatable bonds is 8. The van der Waals surface area contributed by atoms with E-state index in [0.717, 1.165) is 31.3 Å². The molecule has 0 fully saturated rings. The lowest BCUT2D eigenvalue weighted by molar-refractivity contribution is -0.175. The molecule has 0 bridgehead atoms. The van der Waals surface area contributed by atoms with Gasteiger partial charge in [-0.25, -0.2) is 0 Å². The Bertz CT molecular complexity index is 434. The average molecular weight is 308 g/mol. The van der Waals surface area contributed by atoms with Gasteiger partial charge in [0, 0.05) is 0 Å². The molecule has 2 atom stereocenters. The lowest BCUT2D eigenvalue weighted by Gasteiger charge is -2.47. The van der Waals surface area contributed by atoms with Crippen LogP contribution in [-0.4, -0.2) is 24.3 Å². The van der Waals surface area contributed by atoms with Crippen LogP contribution in [0.1, 0.15) is 60.3 Å². The van der Waals surface area contributed by atoms with Crippen molar-refractivity contribution in [2.45, 2.75) is 60.3 Å². The molecule has 0 radical (unpaired) electrons. The summed E-state index contributed by atoms with van der Waals surface area (Å²) in [5.74, 6) is -0.188. The molecule has 0 aromatic rings. The maximum Gasteiger partial charge on any atom is 0.315 e. The summed E-state index contributed by atoms with van der Waals surface area (Å²) in [7, 11) is 0. The third-order valence-corrected chi connectivity index (χ3v) is 5.65. The summed E-state index contributed by atoms with van der Waals surface area (Å²) in [6.07, 6.45) is 9.74. The molecular weight excluding hydrogens is 276 g/mol. The van der Waals surface area contributed by atoms with Crippen LogP contribution in [0.5, 0.6) is 0 Å². The van der Waals surface area contributed by atoms with Crippen molar-refractivity contribution in [3.8, 4) is 0 Å². The van der Waals surface area contributed by atoms with Gasteiger partial charge in [-0.1, -0.05) is 59.3 Å². The van der Waals surface area contributed by atoms with Crippen molar-refractivity contribution in [1.29, 1.82) is 0 Å². The van der Waals surface area contributed by atoms with E-state index in [-0.39, 0.29) is 23.9 Å². The predicted octanol–water partition coefficient (Wildman–Crippen LogP) is 4.27. The monoisotopic (exact) mass is 308 g/mol. The first kappa shape index (κ1) is 19.0. The highest BCUT2D eigenvalue weighted by atomic mass is 16.5. The normalized spacial score (nSPS) is 19.3. The van der Waals surface area contributed by atoms with Crippen molar-refractivity contribution in [2.24, 2.45) is 16.7 Å². The van der Waals surface area contributed by atoms with Gasteiger partial charge in [-0.05, 0) is 36.2 Å². The standard InChI is InChI=1S/C19H32O3/c1-6-15(3)19(14-20,18(4,5)7-2)17(21)22-13-16-11-9-8-10-12-16/h8-9,11,15,20H,6-7,10,12-14H2,1-5H3. The third kappa shape index (κ3) is 3.62. The van der Waals surface area contributed by atoms with Crippen LogP contribution in [0.25, 0.3) is 0 Å². The van der Waals surface area contributed by atoms with Crippen LogP contribution in [0.3, 0.4) is 0 Å². The minimum atomic E-state index is -0.846. The molecule has 1 N–H and O–H groups in total. The molecule has 3 nitrogen and oxygen atoms in total. The molecule has 1 rings (SSSR count). The van der Waals surface area contributed by atoms with Crippen molar-refractivity contribution in [2.75, 3.05) is 13.2 Å². The summed E-state index contributed by atoms with van der Waals surface area (Å²) in [6.45, 7) is 10.4. The fourth-order valence-corrected chi connectivity index (χ4v) is 3.30. The first-order chi connectivity index (χ1) is 10.4. The molecule has 0 aliphatic heterocycles. The third-order valence-electron chi connectivity index (χ3n) is 5.65. The molecule has 2 unspecified atom stereocenters. The Balaban J connectivity index is 2.97. The summed E-state index contributed by atoms with van der Waals surface area (Å²) in [5.41, 5.74) is -0.0161. The highest BCUT2D eigenvalue weighted by Gasteiger charge is 2.54. The van der Waals surface area contributed by atoms with Crippen LogP contribution in [-0.2, 0) is 9.53 Å². The summed E-state index contributed by atoms with van der Waals surface area (Å²) in [5, 5.41) is 10.1. The predicted molar refractivity (Wildman–Crippen MR) is 90.5 cm³/mol. The van der Waals surface area contributed by atoms with E-state index < -0.39 is 5.41 Å². The topological polar surface area (TPSA) is 46.5 Å². The van der Waals surface area contributed by atoms with Gasteiger partial charge in [0.15, 0.2) is 0 Å². The number of allylic oxidation sites excluding steroid dienone is 3. The van der Waals surface area contributed by atoms with Crippen molar-refractivity contribution in [3.05, 3.63) is 23.8 Å². The Morgan fingerprint density at radius 3 is 2.55 bits per heavy atom. The number of esters is 1. The minimum Gasteiger partial charge on any atom is -0.461 e. The van der Waals surface area contributed by atoms with Crippen LogP contribution >= 0.6 is 0 Å². The zero-order valence-electron chi connectivity index (χ0n) is 14.8. The first-order valence-corrected chi connectivity index (χ1v) is 8.48. The number of carbonyl (C=O) groups is 1. The molecule has 1 aliphatic carbocycles. The summed E-state index contributed by atoms with van der Waals surface area (Å²) >= 11 is 0. The zero-order chi connectivity index (χ0) is 16.8. The van der Waals surface area contributed by atoms with Gasteiger partial charge in [-0.15, -0.1) is 0 Å². The van der Waals surface area contributed by atoms with Gasteiger partial charge in [-0.3, -0.25) is 4.79 Å². The van der Waals surface area contributed by atoms with Crippen LogP contribution in [0.4, 0.5) is 0 Å². The number of hydrogen-bond donors (Lipinski definition) is 1. The lowest BCUT2D eigenvalue weighted by atomic mass is 9.58. The Morgan fingerprint density at radius 2 is 2.09 bits per heavy atom. The molecule has 22 heavy (non-hydrogen) atoms. The van der Waals surface area contributed by atoms with E-state index in [0.29, 0.717) is 6.61 Å². The maximum atomic E-state index is 12.9. The number of aliphatic hydroxyl groups is 1. The Labute approximate surface area is 135 Å². The highest BCUT2D eigenvalue weighted by Crippen LogP contribution is 2.49. The lowest BCUT2D eigenvalue weighted by Crippen LogP contribution is -2.52. The van der Waals surface area contributed by atoms with Gasteiger partial charge in [-0.2, -0.15) is 0 Å². The van der Waals surface area contributed by atoms with E-state index >= 15 is 0 Å². The molecule has 0 heterocycles. The first-order valence-electron chi connectivity index (χ1n) is 8.48.